The SMILES string of the molecule is CN(C)C(=O)NC(COP(=O)(O)O)C(=O)N1CCC(c2ccc(C(F)(F)F)cc2)CC1. The van der Waals surface area contributed by atoms with Crippen molar-refractivity contribution in [3.8, 4) is 0 Å². The van der Waals surface area contributed by atoms with Gasteiger partial charge in [0.15, 0.2) is 0 Å². The van der Waals surface area contributed by atoms with Gasteiger partial charge in [0, 0.05) is 27.2 Å². The number of nitrogens with zero attached hydrogens (tertiary/aromatic N) is 2. The zero-order chi connectivity index (χ0) is 23.4. The quantitative estimate of drug-likeness (QED) is 0.552. The molecule has 0 saturated carbocycles. The van der Waals surface area contributed by atoms with Gasteiger partial charge < -0.3 is 24.9 Å². The number of likely N-dealkylation sites (tertiary alicyclic amines) is 1. The molecule has 0 aliphatic carbocycles. The van der Waals surface area contributed by atoms with Crippen LogP contribution >= 0.6 is 7.82 Å². The van der Waals surface area contributed by atoms with Crippen LogP contribution in [0.2, 0.25) is 0 Å². The molecule has 1 aliphatic rings. The van der Waals surface area contributed by atoms with Gasteiger partial charge in [0.05, 0.1) is 12.2 Å². The molecule has 0 aromatic heterocycles. The van der Waals surface area contributed by atoms with Gasteiger partial charge in [-0.15, -0.1) is 0 Å². The van der Waals surface area contributed by atoms with Gasteiger partial charge in [-0.25, -0.2) is 9.36 Å². The highest BCUT2D eigenvalue weighted by molar-refractivity contribution is 7.46. The predicted molar refractivity (Wildman–Crippen MR) is 104 cm³/mol. The minimum absolute atomic E-state index is 0.0347. The highest BCUT2D eigenvalue weighted by atomic mass is 31.2. The van der Waals surface area contributed by atoms with E-state index >= 15 is 0 Å². The molecule has 3 amide bonds. The molecule has 1 saturated heterocycles. The molecule has 1 fully saturated rings. The number of carbonyl (C=O) groups excluding carboxylic acids is 2. The highest BCUT2D eigenvalue weighted by Gasteiger charge is 2.33. The van der Waals surface area contributed by atoms with Crippen LogP contribution in [-0.2, 0) is 20.1 Å². The van der Waals surface area contributed by atoms with Crippen molar-refractivity contribution < 1.29 is 41.6 Å². The molecule has 1 atom stereocenters. The number of carbonyl (C=O) groups is 2. The molecule has 0 spiro atoms. The van der Waals surface area contributed by atoms with E-state index in [1.807, 2.05) is 0 Å². The van der Waals surface area contributed by atoms with Crippen LogP contribution in [0.4, 0.5) is 18.0 Å². The summed E-state index contributed by atoms with van der Waals surface area (Å²) in [5, 5.41) is 2.37. The number of amides is 3. The third kappa shape index (κ3) is 7.49. The van der Waals surface area contributed by atoms with Crippen LogP contribution in [-0.4, -0.2) is 71.4 Å². The molecule has 1 aromatic carbocycles. The lowest BCUT2D eigenvalue weighted by atomic mass is 9.88. The number of rotatable bonds is 6. The first kappa shape index (κ1) is 25.1. The number of hydrogen-bond donors (Lipinski definition) is 3. The smallest absolute Gasteiger partial charge is 0.341 e. The zero-order valence-electron chi connectivity index (χ0n) is 17.0. The fourth-order valence-electron chi connectivity index (χ4n) is 3.22. The van der Waals surface area contributed by atoms with Gasteiger partial charge >= 0.3 is 20.0 Å². The number of benzene rings is 1. The van der Waals surface area contributed by atoms with E-state index in [2.05, 4.69) is 9.84 Å². The Kier molecular flexibility index (Phi) is 8.09. The zero-order valence-corrected chi connectivity index (χ0v) is 17.9. The van der Waals surface area contributed by atoms with Crippen molar-refractivity contribution in [1.82, 2.24) is 15.1 Å². The van der Waals surface area contributed by atoms with Gasteiger partial charge in [-0.3, -0.25) is 9.32 Å². The summed E-state index contributed by atoms with van der Waals surface area (Å²) >= 11 is 0. The Labute approximate surface area is 177 Å². The van der Waals surface area contributed by atoms with Crippen molar-refractivity contribution in [1.29, 1.82) is 0 Å². The van der Waals surface area contributed by atoms with E-state index in [1.165, 1.54) is 31.1 Å². The number of nitrogens with one attached hydrogen (secondary N) is 1. The maximum atomic E-state index is 12.8. The van der Waals surface area contributed by atoms with Gasteiger partial charge in [-0.2, -0.15) is 13.2 Å². The van der Waals surface area contributed by atoms with E-state index in [0.717, 1.165) is 22.6 Å². The molecule has 31 heavy (non-hydrogen) atoms. The summed E-state index contributed by atoms with van der Waals surface area (Å²) in [4.78, 5) is 45.1. The molecule has 2 rings (SSSR count). The van der Waals surface area contributed by atoms with Crippen LogP contribution < -0.4 is 5.32 Å². The third-order valence-corrected chi connectivity index (χ3v) is 5.41. The number of phosphoric acid groups is 1. The van der Waals surface area contributed by atoms with Crippen LogP contribution in [0, 0.1) is 0 Å². The van der Waals surface area contributed by atoms with Crippen molar-refractivity contribution >= 4 is 19.8 Å². The first-order chi connectivity index (χ1) is 14.3. The first-order valence-corrected chi connectivity index (χ1v) is 10.9. The van der Waals surface area contributed by atoms with E-state index in [0.29, 0.717) is 12.8 Å². The van der Waals surface area contributed by atoms with Crippen molar-refractivity contribution in [3.05, 3.63) is 35.4 Å². The Morgan fingerprint density at radius 3 is 2.23 bits per heavy atom. The molecular weight excluding hydrogens is 442 g/mol. The normalized spacial score (nSPS) is 16.7. The number of piperidine rings is 1. The summed E-state index contributed by atoms with van der Waals surface area (Å²) in [6.45, 7) is -0.162. The molecule has 1 aliphatic heterocycles. The van der Waals surface area contributed by atoms with Crippen LogP contribution in [0.15, 0.2) is 24.3 Å². The van der Waals surface area contributed by atoms with Gasteiger partial charge in [0.2, 0.25) is 5.91 Å². The molecule has 0 bridgehead atoms. The minimum atomic E-state index is -4.85. The van der Waals surface area contributed by atoms with E-state index in [4.69, 9.17) is 9.79 Å². The number of halogens is 3. The largest absolute Gasteiger partial charge is 0.469 e. The molecule has 13 heteroatoms. The van der Waals surface area contributed by atoms with Crippen molar-refractivity contribution in [2.75, 3.05) is 33.8 Å². The van der Waals surface area contributed by atoms with E-state index in [9.17, 15) is 27.3 Å². The van der Waals surface area contributed by atoms with Crippen LogP contribution in [0.25, 0.3) is 0 Å². The van der Waals surface area contributed by atoms with Crippen LogP contribution in [0.1, 0.15) is 29.9 Å². The summed E-state index contributed by atoms with van der Waals surface area (Å²) in [5.74, 6) is -0.595. The predicted octanol–water partition coefficient (Wildman–Crippen LogP) is 2.16. The van der Waals surface area contributed by atoms with Gasteiger partial charge in [-0.05, 0) is 36.5 Å². The lowest BCUT2D eigenvalue weighted by Gasteiger charge is -2.34. The second-order valence-electron chi connectivity index (χ2n) is 7.40. The van der Waals surface area contributed by atoms with Gasteiger partial charge in [-0.1, -0.05) is 12.1 Å². The maximum absolute atomic E-state index is 12.8. The summed E-state index contributed by atoms with van der Waals surface area (Å²) < 4.78 is 53.6. The topological polar surface area (TPSA) is 119 Å². The first-order valence-electron chi connectivity index (χ1n) is 9.42. The maximum Gasteiger partial charge on any atom is 0.469 e. The molecular formula is C18H25F3N3O6P. The van der Waals surface area contributed by atoms with Crippen molar-refractivity contribution in [3.63, 3.8) is 0 Å². The molecule has 1 aromatic rings. The van der Waals surface area contributed by atoms with Crippen LogP contribution in [0.3, 0.4) is 0 Å². The lowest BCUT2D eigenvalue weighted by Crippen LogP contribution is -2.54. The lowest BCUT2D eigenvalue weighted by molar-refractivity contribution is -0.137. The van der Waals surface area contributed by atoms with Gasteiger partial charge in [0.1, 0.15) is 6.04 Å². The standard InChI is InChI=1S/C18H25F3N3O6P/c1-23(2)17(26)22-15(11-30-31(27,28)29)16(25)24-9-7-13(8-10-24)12-3-5-14(6-4-12)18(19,20)21/h3-6,13,15H,7-11H2,1-2H3,(H,22,26)(H2,27,28,29). The third-order valence-electron chi connectivity index (χ3n) is 4.93. The number of alkyl halides is 3. The Hall–Kier alpha value is -2.14. The summed E-state index contributed by atoms with van der Waals surface area (Å²) in [7, 11) is -1.97. The van der Waals surface area contributed by atoms with Crippen LogP contribution in [0.5, 0.6) is 0 Å². The minimum Gasteiger partial charge on any atom is -0.341 e. The number of urea groups is 1. The highest BCUT2D eigenvalue weighted by Crippen LogP contribution is 2.36. The van der Waals surface area contributed by atoms with Gasteiger partial charge in [0.25, 0.3) is 0 Å². The van der Waals surface area contributed by atoms with E-state index in [1.54, 1.807) is 0 Å². The Balaban J connectivity index is 2.01. The molecule has 0 radical (unpaired) electrons. The fourth-order valence-corrected chi connectivity index (χ4v) is 3.57. The molecule has 9 nitrogen and oxygen atoms in total. The number of phosphoric ester groups is 1. The fraction of sp³-hybridized carbons (Fsp3) is 0.556. The van der Waals surface area contributed by atoms with E-state index in [-0.39, 0.29) is 19.0 Å². The summed E-state index contributed by atoms with van der Waals surface area (Å²) in [5.41, 5.74) is 0.00999. The average Bonchev–Trinajstić information content (AvgIpc) is 2.69. The molecule has 174 valence electrons. The Morgan fingerprint density at radius 1 is 1.23 bits per heavy atom. The Bertz CT molecular complexity index is 820. The molecule has 3 N–H and O–H groups in total. The Morgan fingerprint density at radius 2 is 1.77 bits per heavy atom. The molecule has 1 heterocycles. The second kappa shape index (κ2) is 9.99. The van der Waals surface area contributed by atoms with Crippen molar-refractivity contribution in [2.45, 2.75) is 31.0 Å². The number of hydrogen-bond acceptors (Lipinski definition) is 4. The monoisotopic (exact) mass is 467 g/mol. The summed E-state index contributed by atoms with van der Waals surface area (Å²) in [6, 6.07) is 2.98. The van der Waals surface area contributed by atoms with Crippen molar-refractivity contribution in [2.24, 2.45) is 0 Å². The average molecular weight is 467 g/mol. The second-order valence-corrected chi connectivity index (χ2v) is 8.64. The van der Waals surface area contributed by atoms with E-state index < -0.39 is 44.1 Å². The summed E-state index contributed by atoms with van der Waals surface area (Å²) in [6.07, 6.45) is -3.43. The molecule has 1 unspecified atom stereocenters.